The molecule has 0 bridgehead atoms. The van der Waals surface area contributed by atoms with Crippen molar-refractivity contribution in [3.63, 3.8) is 0 Å². The van der Waals surface area contributed by atoms with E-state index >= 15 is 0 Å². The van der Waals surface area contributed by atoms with Crippen LogP contribution in [0.5, 0.6) is 11.5 Å². The number of carbonyl (C=O) groups is 3. The Kier molecular flexibility index (Phi) is 8.46. The molecule has 0 saturated carbocycles. The number of ketones is 2. The quantitative estimate of drug-likeness (QED) is 0.299. The van der Waals surface area contributed by atoms with E-state index in [1.807, 2.05) is 12.1 Å². The third kappa shape index (κ3) is 6.21. The number of Topliss-reactive ketones (excluding diaryl/α,β-unsaturated/α-hetero) is 2. The molecular formula is C32H33Cl2IN2O5. The second-order valence-corrected chi connectivity index (χ2v) is 14.7. The molecule has 2 aromatic carbocycles. The highest BCUT2D eigenvalue weighted by atomic mass is 127. The SMILES string of the molecule is COc1cc(C2C3=C(CC(C)(C)CC3=O)NC3=C2C(=O)CC(C)(C)C3)cc(I)c1OCC(=O)Nc1ccc(Cl)c(Cl)c1. The number of dihydropyridines is 1. The minimum absolute atomic E-state index is 0.0520. The topological polar surface area (TPSA) is 93.7 Å². The number of halogens is 3. The molecule has 0 atom stereocenters. The van der Waals surface area contributed by atoms with Gasteiger partial charge in [-0.25, -0.2) is 0 Å². The van der Waals surface area contributed by atoms with Gasteiger partial charge in [0.15, 0.2) is 29.7 Å². The molecule has 2 aliphatic carbocycles. The average molecular weight is 723 g/mol. The first-order chi connectivity index (χ1) is 19.7. The van der Waals surface area contributed by atoms with Crippen molar-refractivity contribution in [3.8, 4) is 11.5 Å². The van der Waals surface area contributed by atoms with Gasteiger partial charge in [-0.1, -0.05) is 50.9 Å². The summed E-state index contributed by atoms with van der Waals surface area (Å²) in [6.07, 6.45) is 2.27. The van der Waals surface area contributed by atoms with Crippen LogP contribution in [-0.4, -0.2) is 31.2 Å². The Hall–Kier alpha value is -2.56. The lowest BCUT2D eigenvalue weighted by Gasteiger charge is -2.44. The summed E-state index contributed by atoms with van der Waals surface area (Å²) in [4.78, 5) is 40.0. The standard InChI is InChI=1S/C32H33Cl2IN2O5/c1-31(2)11-21-28(23(38)13-31)27(29-22(37-21)12-32(3,4)14-24(29)39)16-8-20(35)30(25(9-16)41-5)42-15-26(40)36-17-6-7-18(33)19(34)10-17/h6-10,27,37H,11-15H2,1-5H3,(H,36,40). The van der Waals surface area contributed by atoms with Crippen molar-refractivity contribution in [1.82, 2.24) is 5.32 Å². The van der Waals surface area contributed by atoms with Crippen molar-refractivity contribution in [2.75, 3.05) is 19.0 Å². The highest BCUT2D eigenvalue weighted by Gasteiger charge is 2.46. The van der Waals surface area contributed by atoms with E-state index in [1.165, 1.54) is 7.11 Å². The zero-order chi connectivity index (χ0) is 30.6. The van der Waals surface area contributed by atoms with Crippen molar-refractivity contribution in [1.29, 1.82) is 0 Å². The number of amides is 1. The van der Waals surface area contributed by atoms with Crippen LogP contribution in [0.1, 0.15) is 64.9 Å². The first kappa shape index (κ1) is 30.9. The summed E-state index contributed by atoms with van der Waals surface area (Å²) in [5, 5.41) is 7.00. The highest BCUT2D eigenvalue weighted by Crippen LogP contribution is 2.52. The van der Waals surface area contributed by atoms with Gasteiger partial charge in [-0.3, -0.25) is 14.4 Å². The predicted molar refractivity (Wildman–Crippen MR) is 172 cm³/mol. The molecule has 1 heterocycles. The van der Waals surface area contributed by atoms with Crippen LogP contribution in [0.3, 0.4) is 0 Å². The third-order valence-corrected chi connectivity index (χ3v) is 9.40. The van der Waals surface area contributed by atoms with E-state index < -0.39 is 5.92 Å². The van der Waals surface area contributed by atoms with Crippen molar-refractivity contribution < 1.29 is 23.9 Å². The number of hydrogen-bond donors (Lipinski definition) is 2. The second-order valence-electron chi connectivity index (χ2n) is 12.7. The predicted octanol–water partition coefficient (Wildman–Crippen LogP) is 7.60. The van der Waals surface area contributed by atoms with Crippen molar-refractivity contribution in [2.45, 2.75) is 59.3 Å². The molecule has 0 unspecified atom stereocenters. The summed E-state index contributed by atoms with van der Waals surface area (Å²) in [6, 6.07) is 8.55. The van der Waals surface area contributed by atoms with E-state index in [1.54, 1.807) is 18.2 Å². The lowest BCUT2D eigenvalue weighted by Crippen LogP contribution is -2.42. The van der Waals surface area contributed by atoms with Crippen LogP contribution in [-0.2, 0) is 14.4 Å². The Bertz CT molecular complexity index is 1520. The first-order valence-corrected chi connectivity index (χ1v) is 15.6. The zero-order valence-electron chi connectivity index (χ0n) is 24.2. The van der Waals surface area contributed by atoms with Crippen molar-refractivity contribution >= 4 is 69.0 Å². The van der Waals surface area contributed by atoms with Gasteiger partial charge in [0.25, 0.3) is 5.91 Å². The summed E-state index contributed by atoms with van der Waals surface area (Å²) >= 11 is 14.2. The number of anilines is 1. The Morgan fingerprint density at radius 3 is 2.10 bits per heavy atom. The molecule has 5 rings (SSSR count). The largest absolute Gasteiger partial charge is 0.493 e. The average Bonchev–Trinajstić information content (AvgIpc) is 2.87. The van der Waals surface area contributed by atoms with E-state index in [2.05, 4.69) is 60.9 Å². The third-order valence-electron chi connectivity index (χ3n) is 7.86. The Morgan fingerprint density at radius 2 is 1.55 bits per heavy atom. The minimum Gasteiger partial charge on any atom is -0.493 e. The molecule has 2 N–H and O–H groups in total. The molecule has 1 amide bonds. The lowest BCUT2D eigenvalue weighted by molar-refractivity contribution is -0.119. The molecule has 2 aromatic rings. The first-order valence-electron chi connectivity index (χ1n) is 13.7. The van der Waals surface area contributed by atoms with Crippen LogP contribution in [0.25, 0.3) is 0 Å². The molecule has 10 heteroatoms. The van der Waals surface area contributed by atoms with Crippen LogP contribution < -0.4 is 20.1 Å². The lowest BCUT2D eigenvalue weighted by atomic mass is 9.64. The smallest absolute Gasteiger partial charge is 0.262 e. The number of benzene rings is 2. The molecule has 3 aliphatic rings. The minimum atomic E-state index is -0.502. The van der Waals surface area contributed by atoms with Crippen LogP contribution in [0.15, 0.2) is 52.9 Å². The summed E-state index contributed by atoms with van der Waals surface area (Å²) in [5.74, 6) is 0.0272. The molecule has 0 aromatic heterocycles. The normalized spacial score (nSPS) is 19.6. The second kappa shape index (κ2) is 11.5. The number of allylic oxidation sites excluding steroid dienone is 4. The van der Waals surface area contributed by atoms with Gasteiger partial charge in [0, 0.05) is 47.0 Å². The van der Waals surface area contributed by atoms with E-state index in [0.717, 1.165) is 29.8 Å². The van der Waals surface area contributed by atoms with E-state index in [0.29, 0.717) is 54.8 Å². The fourth-order valence-electron chi connectivity index (χ4n) is 6.18. The van der Waals surface area contributed by atoms with Crippen molar-refractivity contribution in [3.05, 3.63) is 72.1 Å². The van der Waals surface area contributed by atoms with Gasteiger partial charge in [-0.05, 0) is 82.2 Å². The monoisotopic (exact) mass is 722 g/mol. The summed E-state index contributed by atoms with van der Waals surface area (Å²) in [6.45, 7) is 8.12. The number of hydrogen-bond acceptors (Lipinski definition) is 6. The fraction of sp³-hybridized carbons (Fsp3) is 0.406. The maximum absolute atomic E-state index is 13.7. The van der Waals surface area contributed by atoms with Gasteiger partial charge >= 0.3 is 0 Å². The van der Waals surface area contributed by atoms with Crippen LogP contribution in [0.2, 0.25) is 10.0 Å². The fourth-order valence-corrected chi connectivity index (χ4v) is 7.26. The number of ether oxygens (including phenoxy) is 2. The molecule has 0 saturated heterocycles. The number of rotatable bonds is 6. The van der Waals surface area contributed by atoms with E-state index in [-0.39, 0.29) is 34.9 Å². The van der Waals surface area contributed by atoms with Gasteiger partial charge in [0.1, 0.15) is 0 Å². The van der Waals surface area contributed by atoms with Gasteiger partial charge in [0.2, 0.25) is 0 Å². The van der Waals surface area contributed by atoms with Gasteiger partial charge in [-0.2, -0.15) is 0 Å². The summed E-state index contributed by atoms with van der Waals surface area (Å²) in [5.41, 5.74) is 4.05. The van der Waals surface area contributed by atoms with Gasteiger partial charge in [-0.15, -0.1) is 0 Å². The van der Waals surface area contributed by atoms with E-state index in [4.69, 9.17) is 32.7 Å². The van der Waals surface area contributed by atoms with Gasteiger partial charge < -0.3 is 20.1 Å². The highest BCUT2D eigenvalue weighted by molar-refractivity contribution is 14.1. The summed E-state index contributed by atoms with van der Waals surface area (Å²) < 4.78 is 12.3. The maximum atomic E-state index is 13.7. The van der Waals surface area contributed by atoms with Gasteiger partial charge in [0.05, 0.1) is 20.7 Å². The number of methoxy groups -OCH3 is 1. The molecule has 1 aliphatic heterocycles. The van der Waals surface area contributed by atoms with Crippen LogP contribution in [0, 0.1) is 14.4 Å². The van der Waals surface area contributed by atoms with Crippen LogP contribution in [0.4, 0.5) is 5.69 Å². The maximum Gasteiger partial charge on any atom is 0.262 e. The number of carbonyl (C=O) groups excluding carboxylic acids is 3. The molecule has 0 fully saturated rings. The zero-order valence-corrected chi connectivity index (χ0v) is 27.8. The van der Waals surface area contributed by atoms with Crippen molar-refractivity contribution in [2.24, 2.45) is 10.8 Å². The molecule has 222 valence electrons. The molecule has 0 radical (unpaired) electrons. The van der Waals surface area contributed by atoms with E-state index in [9.17, 15) is 14.4 Å². The van der Waals surface area contributed by atoms with Crippen LogP contribution >= 0.6 is 45.8 Å². The Labute approximate surface area is 269 Å². The summed E-state index contributed by atoms with van der Waals surface area (Å²) in [7, 11) is 1.53. The molecular weight excluding hydrogens is 690 g/mol. The molecule has 0 spiro atoms. The number of nitrogens with one attached hydrogen (secondary N) is 2. The molecule has 7 nitrogen and oxygen atoms in total. The molecule has 42 heavy (non-hydrogen) atoms. The Balaban J connectivity index is 1.49. The Morgan fingerprint density at radius 1 is 0.952 bits per heavy atom.